The van der Waals surface area contributed by atoms with Crippen LogP contribution < -0.4 is 16.6 Å². The molecule has 0 unspecified atom stereocenters. The van der Waals surface area contributed by atoms with Crippen molar-refractivity contribution in [1.82, 2.24) is 5.43 Å². The molecule has 1 aromatic rings. The SMILES string of the molecule is N#Cc1ccc(NC(=S)NN)cc1F. The average Bonchev–Trinajstić information content (AvgIpc) is 2.18. The molecule has 0 aliphatic carbocycles. The lowest BCUT2D eigenvalue weighted by Gasteiger charge is -2.06. The number of hydrazine groups is 1. The van der Waals surface area contributed by atoms with Crippen LogP contribution in [0.1, 0.15) is 5.56 Å². The second kappa shape index (κ2) is 4.50. The van der Waals surface area contributed by atoms with Gasteiger partial charge in [0, 0.05) is 5.69 Å². The Kier molecular flexibility index (Phi) is 3.34. The highest BCUT2D eigenvalue weighted by molar-refractivity contribution is 7.80. The zero-order valence-corrected chi connectivity index (χ0v) is 7.86. The highest BCUT2D eigenvalue weighted by Crippen LogP contribution is 2.13. The molecule has 0 saturated carbocycles. The number of nitrogens with zero attached hydrogens (tertiary/aromatic N) is 1. The van der Waals surface area contributed by atoms with E-state index in [1.807, 2.05) is 0 Å². The van der Waals surface area contributed by atoms with Crippen molar-refractivity contribution in [3.05, 3.63) is 29.6 Å². The molecule has 0 radical (unpaired) electrons. The molecule has 0 amide bonds. The third-order valence-corrected chi connectivity index (χ3v) is 1.70. The number of nitrogens with one attached hydrogen (secondary N) is 2. The summed E-state index contributed by atoms with van der Waals surface area (Å²) in [6.07, 6.45) is 0. The summed E-state index contributed by atoms with van der Waals surface area (Å²) >= 11 is 4.71. The van der Waals surface area contributed by atoms with E-state index in [1.165, 1.54) is 18.2 Å². The van der Waals surface area contributed by atoms with Crippen molar-refractivity contribution in [2.45, 2.75) is 0 Å². The minimum Gasteiger partial charge on any atom is -0.332 e. The maximum atomic E-state index is 13.0. The molecular weight excluding hydrogens is 203 g/mol. The van der Waals surface area contributed by atoms with Gasteiger partial charge in [0.15, 0.2) is 5.11 Å². The molecule has 0 aliphatic rings. The minimum absolute atomic E-state index is 0.0119. The third-order valence-electron chi connectivity index (χ3n) is 1.48. The Bertz CT molecular complexity index is 399. The quantitative estimate of drug-likeness (QED) is 0.364. The van der Waals surface area contributed by atoms with E-state index in [9.17, 15) is 4.39 Å². The van der Waals surface area contributed by atoms with Crippen molar-refractivity contribution >= 4 is 23.0 Å². The molecule has 14 heavy (non-hydrogen) atoms. The topological polar surface area (TPSA) is 73.9 Å². The van der Waals surface area contributed by atoms with Crippen molar-refractivity contribution in [1.29, 1.82) is 5.26 Å². The minimum atomic E-state index is -0.600. The normalized spacial score (nSPS) is 8.93. The van der Waals surface area contributed by atoms with Crippen LogP contribution in [0, 0.1) is 17.1 Å². The Morgan fingerprint density at radius 1 is 1.57 bits per heavy atom. The van der Waals surface area contributed by atoms with Crippen LogP contribution in [0.3, 0.4) is 0 Å². The number of benzene rings is 1. The molecule has 6 heteroatoms. The number of nitriles is 1. The summed E-state index contributed by atoms with van der Waals surface area (Å²) in [5.74, 6) is 4.41. The van der Waals surface area contributed by atoms with Crippen LogP contribution in [0.15, 0.2) is 18.2 Å². The lowest BCUT2D eigenvalue weighted by molar-refractivity contribution is 0.624. The van der Waals surface area contributed by atoms with Gasteiger partial charge in [-0.05, 0) is 30.4 Å². The van der Waals surface area contributed by atoms with E-state index in [4.69, 9.17) is 23.3 Å². The van der Waals surface area contributed by atoms with Crippen LogP contribution in [-0.4, -0.2) is 5.11 Å². The van der Waals surface area contributed by atoms with Gasteiger partial charge in [-0.15, -0.1) is 0 Å². The second-order valence-corrected chi connectivity index (χ2v) is 2.81. The molecule has 0 aromatic heterocycles. The van der Waals surface area contributed by atoms with Crippen molar-refractivity contribution in [2.24, 2.45) is 5.84 Å². The first-order valence-corrected chi connectivity index (χ1v) is 4.05. The van der Waals surface area contributed by atoms with E-state index < -0.39 is 5.82 Å². The summed E-state index contributed by atoms with van der Waals surface area (Å²) in [7, 11) is 0. The molecule has 0 fully saturated rings. The fraction of sp³-hybridized carbons (Fsp3) is 0. The smallest absolute Gasteiger partial charge is 0.185 e. The number of hydrogen-bond acceptors (Lipinski definition) is 3. The van der Waals surface area contributed by atoms with Crippen LogP contribution in [0.4, 0.5) is 10.1 Å². The van der Waals surface area contributed by atoms with Gasteiger partial charge in [0.05, 0.1) is 5.56 Å². The Balaban J connectivity index is 2.88. The molecule has 0 spiro atoms. The molecule has 1 rings (SSSR count). The molecule has 0 heterocycles. The first-order chi connectivity index (χ1) is 6.67. The summed E-state index contributed by atoms with van der Waals surface area (Å²) < 4.78 is 13.0. The summed E-state index contributed by atoms with van der Waals surface area (Å²) in [5, 5.41) is 11.3. The van der Waals surface area contributed by atoms with Crippen molar-refractivity contribution in [2.75, 3.05) is 5.32 Å². The van der Waals surface area contributed by atoms with Gasteiger partial charge in [-0.1, -0.05) is 0 Å². The maximum Gasteiger partial charge on any atom is 0.185 e. The molecule has 1 aromatic carbocycles. The first kappa shape index (κ1) is 10.4. The Morgan fingerprint density at radius 2 is 2.29 bits per heavy atom. The van der Waals surface area contributed by atoms with E-state index in [0.717, 1.165) is 0 Å². The summed E-state index contributed by atoms with van der Waals surface area (Å²) in [5.41, 5.74) is 2.62. The lowest BCUT2D eigenvalue weighted by Crippen LogP contribution is -2.34. The van der Waals surface area contributed by atoms with Gasteiger partial charge in [0.1, 0.15) is 11.9 Å². The van der Waals surface area contributed by atoms with Gasteiger partial charge < -0.3 is 10.7 Å². The molecule has 72 valence electrons. The Hall–Kier alpha value is -1.71. The highest BCUT2D eigenvalue weighted by Gasteiger charge is 2.02. The highest BCUT2D eigenvalue weighted by atomic mass is 32.1. The molecule has 0 bridgehead atoms. The maximum absolute atomic E-state index is 13.0. The monoisotopic (exact) mass is 210 g/mol. The molecule has 0 saturated heterocycles. The number of halogens is 1. The van der Waals surface area contributed by atoms with Crippen LogP contribution in [0.25, 0.3) is 0 Å². The van der Waals surface area contributed by atoms with Gasteiger partial charge in [0.25, 0.3) is 0 Å². The van der Waals surface area contributed by atoms with Crippen LogP contribution in [0.2, 0.25) is 0 Å². The number of rotatable bonds is 1. The van der Waals surface area contributed by atoms with Crippen molar-refractivity contribution in [3.63, 3.8) is 0 Å². The predicted octanol–water partition coefficient (Wildman–Crippen LogP) is 0.857. The molecule has 4 nitrogen and oxygen atoms in total. The summed E-state index contributed by atoms with van der Waals surface area (Å²) in [6.45, 7) is 0. The van der Waals surface area contributed by atoms with Gasteiger partial charge in [-0.3, -0.25) is 0 Å². The molecule has 4 N–H and O–H groups in total. The van der Waals surface area contributed by atoms with E-state index in [0.29, 0.717) is 5.69 Å². The van der Waals surface area contributed by atoms with Gasteiger partial charge in [-0.2, -0.15) is 5.26 Å². The van der Waals surface area contributed by atoms with Crippen molar-refractivity contribution in [3.8, 4) is 6.07 Å². The summed E-state index contributed by atoms with van der Waals surface area (Å²) in [6, 6.07) is 5.77. The first-order valence-electron chi connectivity index (χ1n) is 3.64. The van der Waals surface area contributed by atoms with E-state index in [-0.39, 0.29) is 10.7 Å². The Labute approximate surface area is 85.5 Å². The van der Waals surface area contributed by atoms with Crippen molar-refractivity contribution < 1.29 is 4.39 Å². The van der Waals surface area contributed by atoms with Gasteiger partial charge >= 0.3 is 0 Å². The van der Waals surface area contributed by atoms with Crippen LogP contribution in [0.5, 0.6) is 0 Å². The zero-order valence-electron chi connectivity index (χ0n) is 7.04. The van der Waals surface area contributed by atoms with E-state index in [2.05, 4.69) is 10.7 Å². The van der Waals surface area contributed by atoms with Crippen LogP contribution in [-0.2, 0) is 0 Å². The fourth-order valence-electron chi connectivity index (χ4n) is 0.851. The number of anilines is 1. The van der Waals surface area contributed by atoms with E-state index in [1.54, 1.807) is 6.07 Å². The lowest BCUT2D eigenvalue weighted by atomic mass is 10.2. The number of hydrogen-bond donors (Lipinski definition) is 3. The Morgan fingerprint density at radius 3 is 2.79 bits per heavy atom. The molecule has 0 atom stereocenters. The standard InChI is InChI=1S/C8H7FN4S/c9-7-3-6(12-8(14)13-11)2-1-5(7)4-10/h1-3H,11H2,(H2,12,13,14). The third kappa shape index (κ3) is 2.39. The number of nitrogens with two attached hydrogens (primary N) is 1. The fourth-order valence-corrected chi connectivity index (χ4v) is 0.969. The van der Waals surface area contributed by atoms with Gasteiger partial charge in [-0.25, -0.2) is 10.2 Å². The average molecular weight is 210 g/mol. The molecule has 0 aliphatic heterocycles. The molecular formula is C8H7FN4S. The van der Waals surface area contributed by atoms with Crippen LogP contribution >= 0.6 is 12.2 Å². The predicted molar refractivity (Wildman–Crippen MR) is 54.7 cm³/mol. The summed E-state index contributed by atoms with van der Waals surface area (Å²) in [4.78, 5) is 0. The largest absolute Gasteiger partial charge is 0.332 e. The zero-order chi connectivity index (χ0) is 10.6. The second-order valence-electron chi connectivity index (χ2n) is 2.40. The van der Waals surface area contributed by atoms with Gasteiger partial charge in [0.2, 0.25) is 0 Å². The number of thiocarbonyl (C=S) groups is 1. The van der Waals surface area contributed by atoms with E-state index >= 15 is 0 Å².